The summed E-state index contributed by atoms with van der Waals surface area (Å²) < 4.78 is 5.04. The highest BCUT2D eigenvalue weighted by Gasteiger charge is 2.37. The molecule has 1 aromatic carbocycles. The van der Waals surface area contributed by atoms with E-state index < -0.39 is 23.8 Å². The van der Waals surface area contributed by atoms with Crippen LogP contribution < -0.4 is 10.7 Å². The van der Waals surface area contributed by atoms with Gasteiger partial charge >= 0.3 is 5.97 Å². The molecule has 1 saturated heterocycles. The van der Waals surface area contributed by atoms with Crippen molar-refractivity contribution in [1.82, 2.24) is 20.7 Å². The van der Waals surface area contributed by atoms with E-state index in [1.807, 2.05) is 31.2 Å². The topological polar surface area (TPSA) is 125 Å². The number of hydrogen-bond donors (Lipinski definition) is 3. The molecule has 2 heterocycles. The van der Waals surface area contributed by atoms with Crippen molar-refractivity contribution in [3.63, 3.8) is 0 Å². The van der Waals surface area contributed by atoms with Gasteiger partial charge in [-0.2, -0.15) is 0 Å². The second kappa shape index (κ2) is 13.0. The molecule has 3 N–H and O–H groups in total. The molecular weight excluding hydrogens is 448 g/mol. The van der Waals surface area contributed by atoms with Gasteiger partial charge in [0.25, 0.3) is 0 Å². The van der Waals surface area contributed by atoms with Crippen LogP contribution in [0.1, 0.15) is 57.4 Å². The van der Waals surface area contributed by atoms with Crippen LogP contribution in [0.5, 0.6) is 0 Å². The molecule has 3 atom stereocenters. The lowest BCUT2D eigenvalue weighted by Crippen LogP contribution is -2.59. The molecule has 2 amide bonds. The molecular formula is C26H36N4O5. The summed E-state index contributed by atoms with van der Waals surface area (Å²) in [5.41, 5.74) is 5.83. The van der Waals surface area contributed by atoms with Gasteiger partial charge in [-0.05, 0) is 44.1 Å². The third kappa shape index (κ3) is 7.14. The summed E-state index contributed by atoms with van der Waals surface area (Å²) in [6.07, 6.45) is 7.93. The highest BCUT2D eigenvalue weighted by molar-refractivity contribution is 5.88. The summed E-state index contributed by atoms with van der Waals surface area (Å²) in [5.74, 6) is -2.40. The fourth-order valence-electron chi connectivity index (χ4n) is 4.59. The van der Waals surface area contributed by atoms with E-state index in [1.54, 1.807) is 13.3 Å². The zero-order chi connectivity index (χ0) is 25.2. The Morgan fingerprint density at radius 2 is 2.00 bits per heavy atom. The van der Waals surface area contributed by atoms with Crippen molar-refractivity contribution in [2.45, 2.75) is 64.3 Å². The molecule has 35 heavy (non-hydrogen) atoms. The number of oxazole rings is 1. The number of carbonyl (C=O) groups is 3. The van der Waals surface area contributed by atoms with E-state index in [0.717, 1.165) is 36.1 Å². The molecule has 0 aliphatic carbocycles. The van der Waals surface area contributed by atoms with E-state index in [2.05, 4.69) is 15.7 Å². The third-order valence-electron chi connectivity index (χ3n) is 6.67. The van der Waals surface area contributed by atoms with E-state index in [-0.39, 0.29) is 18.2 Å². The average molecular weight is 485 g/mol. The Hall–Kier alpha value is -3.20. The molecule has 9 nitrogen and oxygen atoms in total. The largest absolute Gasteiger partial charge is 0.481 e. The van der Waals surface area contributed by atoms with Gasteiger partial charge in [0.2, 0.25) is 11.8 Å². The molecule has 1 aromatic heterocycles. The number of carboxylic acids is 1. The van der Waals surface area contributed by atoms with Crippen LogP contribution >= 0.6 is 0 Å². The summed E-state index contributed by atoms with van der Waals surface area (Å²) in [6.45, 7) is 2.63. The number of hydrogen-bond acceptors (Lipinski definition) is 6. The minimum atomic E-state index is -0.873. The van der Waals surface area contributed by atoms with Gasteiger partial charge < -0.3 is 14.8 Å². The Morgan fingerprint density at radius 3 is 2.63 bits per heavy atom. The van der Waals surface area contributed by atoms with Crippen LogP contribution in [-0.2, 0) is 20.8 Å². The van der Waals surface area contributed by atoms with Crippen LogP contribution in [0.3, 0.4) is 0 Å². The first-order chi connectivity index (χ1) is 16.9. The number of nitrogens with one attached hydrogen (secondary N) is 2. The Morgan fingerprint density at radius 1 is 1.23 bits per heavy atom. The van der Waals surface area contributed by atoms with Crippen molar-refractivity contribution in [3.8, 4) is 11.3 Å². The lowest BCUT2D eigenvalue weighted by molar-refractivity contribution is -0.151. The van der Waals surface area contributed by atoms with Gasteiger partial charge in [-0.15, -0.1) is 0 Å². The number of benzene rings is 1. The first kappa shape index (κ1) is 26.4. The van der Waals surface area contributed by atoms with E-state index in [0.29, 0.717) is 32.2 Å². The molecule has 0 bridgehead atoms. The van der Waals surface area contributed by atoms with Crippen LogP contribution in [0.4, 0.5) is 0 Å². The second-order valence-corrected chi connectivity index (χ2v) is 9.11. The maximum Gasteiger partial charge on any atom is 0.306 e. The van der Waals surface area contributed by atoms with Gasteiger partial charge in [-0.25, -0.2) is 10.4 Å². The number of nitrogens with zero attached hydrogens (tertiary/aromatic N) is 2. The lowest BCUT2D eigenvalue weighted by Gasteiger charge is -2.37. The Bertz CT molecular complexity index is 961. The number of carboxylic acid groups (broad SMARTS) is 1. The molecule has 0 spiro atoms. The molecule has 2 aromatic rings. The normalized spacial score (nSPS) is 17.5. The number of aryl methyl sites for hydroxylation is 1. The Balaban J connectivity index is 1.76. The Labute approximate surface area is 206 Å². The standard InChI is InChI=1S/C26H36N4O5/c1-3-4-6-21(26(33)34)15-20(25(32)30-23(24(31)27-2)7-5-14-29-30)13-10-18-8-11-19(12-9-18)22-16-35-17-28-22/h8-9,11-12,16-17,20-21,23,29H,3-7,10,13-15H2,1-2H3,(H,27,31)(H,33,34)/t20?,21?,23-/m0/s1. The average Bonchev–Trinajstić information content (AvgIpc) is 3.42. The molecule has 0 radical (unpaired) electrons. The lowest BCUT2D eigenvalue weighted by atomic mass is 9.85. The number of carbonyl (C=O) groups excluding carboxylic acids is 2. The number of likely N-dealkylation sites (N-methyl/N-ethyl adjacent to an activating group) is 1. The van der Waals surface area contributed by atoms with Crippen molar-refractivity contribution in [1.29, 1.82) is 0 Å². The zero-order valence-electron chi connectivity index (χ0n) is 20.5. The first-order valence-electron chi connectivity index (χ1n) is 12.4. The van der Waals surface area contributed by atoms with E-state index in [1.165, 1.54) is 11.4 Å². The van der Waals surface area contributed by atoms with Crippen molar-refractivity contribution in [2.24, 2.45) is 11.8 Å². The van der Waals surface area contributed by atoms with Crippen LogP contribution in [0, 0.1) is 11.8 Å². The number of unbranched alkanes of at least 4 members (excludes halogenated alkanes) is 1. The number of amides is 2. The smallest absolute Gasteiger partial charge is 0.306 e. The molecule has 9 heteroatoms. The fourth-order valence-corrected chi connectivity index (χ4v) is 4.59. The highest BCUT2D eigenvalue weighted by Crippen LogP contribution is 2.27. The van der Waals surface area contributed by atoms with E-state index in [9.17, 15) is 19.5 Å². The maximum absolute atomic E-state index is 13.7. The highest BCUT2D eigenvalue weighted by atomic mass is 16.4. The van der Waals surface area contributed by atoms with Gasteiger partial charge in [-0.3, -0.25) is 19.4 Å². The van der Waals surface area contributed by atoms with Gasteiger partial charge in [0.15, 0.2) is 6.39 Å². The van der Waals surface area contributed by atoms with Crippen molar-refractivity contribution >= 4 is 17.8 Å². The quantitative estimate of drug-likeness (QED) is 0.422. The SMILES string of the molecule is CCCCC(CC(CCc1ccc(-c2cocn2)cc1)C(=O)N1NCCC[C@H]1C(=O)NC)C(=O)O. The maximum atomic E-state index is 13.7. The molecule has 1 aliphatic heterocycles. The fraction of sp³-hybridized carbons (Fsp3) is 0.538. The third-order valence-corrected chi connectivity index (χ3v) is 6.67. The predicted molar refractivity (Wildman–Crippen MR) is 131 cm³/mol. The Kier molecular flexibility index (Phi) is 9.84. The summed E-state index contributed by atoms with van der Waals surface area (Å²) in [6, 6.07) is 7.30. The summed E-state index contributed by atoms with van der Waals surface area (Å²) in [5, 5.41) is 13.9. The molecule has 190 valence electrons. The van der Waals surface area contributed by atoms with Crippen molar-refractivity contribution < 1.29 is 23.9 Å². The summed E-state index contributed by atoms with van der Waals surface area (Å²) >= 11 is 0. The minimum Gasteiger partial charge on any atom is -0.481 e. The van der Waals surface area contributed by atoms with Crippen LogP contribution in [0.15, 0.2) is 41.3 Å². The van der Waals surface area contributed by atoms with Crippen LogP contribution in [0.2, 0.25) is 0 Å². The van der Waals surface area contributed by atoms with E-state index in [4.69, 9.17) is 4.42 Å². The molecule has 0 saturated carbocycles. The first-order valence-corrected chi connectivity index (χ1v) is 12.4. The monoisotopic (exact) mass is 484 g/mol. The summed E-state index contributed by atoms with van der Waals surface area (Å²) in [4.78, 5) is 42.2. The minimum absolute atomic E-state index is 0.208. The number of aromatic nitrogens is 1. The predicted octanol–water partition coefficient (Wildman–Crippen LogP) is 3.41. The zero-order valence-corrected chi connectivity index (χ0v) is 20.5. The number of rotatable bonds is 12. The van der Waals surface area contributed by atoms with Crippen LogP contribution in [0.25, 0.3) is 11.3 Å². The van der Waals surface area contributed by atoms with Gasteiger partial charge in [0.1, 0.15) is 18.0 Å². The molecule has 3 rings (SSSR count). The van der Waals surface area contributed by atoms with Crippen molar-refractivity contribution in [3.05, 3.63) is 42.5 Å². The van der Waals surface area contributed by atoms with Gasteiger partial charge in [0, 0.05) is 25.1 Å². The molecule has 1 aliphatic rings. The van der Waals surface area contributed by atoms with Crippen LogP contribution in [-0.4, -0.2) is 52.5 Å². The molecule has 1 fully saturated rings. The summed E-state index contributed by atoms with van der Waals surface area (Å²) in [7, 11) is 1.56. The van der Waals surface area contributed by atoms with Gasteiger partial charge in [0.05, 0.1) is 5.92 Å². The van der Waals surface area contributed by atoms with Crippen molar-refractivity contribution in [2.75, 3.05) is 13.6 Å². The van der Waals surface area contributed by atoms with Gasteiger partial charge in [-0.1, -0.05) is 44.0 Å². The number of aliphatic carboxylic acids is 1. The molecule has 2 unspecified atom stereocenters. The second-order valence-electron chi connectivity index (χ2n) is 9.11. The van der Waals surface area contributed by atoms with E-state index >= 15 is 0 Å². The number of hydrazine groups is 1.